The first kappa shape index (κ1) is 16.4. The minimum atomic E-state index is 0.303. The van der Waals surface area contributed by atoms with Crippen molar-refractivity contribution < 1.29 is 4.79 Å². The lowest BCUT2D eigenvalue weighted by molar-refractivity contribution is -0.132. The summed E-state index contributed by atoms with van der Waals surface area (Å²) in [7, 11) is 4.19. The van der Waals surface area contributed by atoms with Crippen LogP contribution in [0.15, 0.2) is 0 Å². The van der Waals surface area contributed by atoms with E-state index < -0.39 is 0 Å². The normalized spacial score (nSPS) is 18.1. The number of amides is 1. The highest BCUT2D eigenvalue weighted by atomic mass is 16.2. The van der Waals surface area contributed by atoms with Crippen LogP contribution in [-0.2, 0) is 4.79 Å². The number of nitrogens with zero attached hydrogens (tertiary/aromatic N) is 3. The maximum absolute atomic E-state index is 12.1. The monoisotopic (exact) mass is 270 g/mol. The minimum absolute atomic E-state index is 0.303. The van der Waals surface area contributed by atoms with E-state index in [1.807, 2.05) is 4.90 Å². The third-order valence-corrected chi connectivity index (χ3v) is 3.74. The first-order valence-electron chi connectivity index (χ1n) is 7.41. The molecule has 1 fully saturated rings. The van der Waals surface area contributed by atoms with Crippen LogP contribution in [0.2, 0.25) is 0 Å². The fourth-order valence-electron chi connectivity index (χ4n) is 2.65. The second-order valence-corrected chi connectivity index (χ2v) is 5.62. The van der Waals surface area contributed by atoms with Crippen LogP contribution in [0.4, 0.5) is 0 Å². The highest BCUT2D eigenvalue weighted by molar-refractivity contribution is 5.76. The van der Waals surface area contributed by atoms with E-state index >= 15 is 0 Å². The number of carbonyl (C=O) groups excluding carboxylic acids is 1. The molecule has 0 spiro atoms. The van der Waals surface area contributed by atoms with Gasteiger partial charge in [0.15, 0.2) is 0 Å². The second-order valence-electron chi connectivity index (χ2n) is 5.62. The summed E-state index contributed by atoms with van der Waals surface area (Å²) in [6.45, 7) is 10.9. The lowest BCUT2D eigenvalue weighted by atomic mass is 10.2. The summed E-state index contributed by atoms with van der Waals surface area (Å²) in [4.78, 5) is 18.7. The summed E-state index contributed by atoms with van der Waals surface area (Å²) in [5.74, 6) is 0.303. The van der Waals surface area contributed by atoms with Gasteiger partial charge in [-0.3, -0.25) is 9.69 Å². The van der Waals surface area contributed by atoms with Crippen molar-refractivity contribution in [3.63, 3.8) is 0 Å². The Morgan fingerprint density at radius 1 is 1.32 bits per heavy atom. The molecule has 0 saturated carbocycles. The molecule has 1 aliphatic rings. The van der Waals surface area contributed by atoms with Crippen LogP contribution in [0.3, 0.4) is 0 Å². The van der Waals surface area contributed by atoms with E-state index in [9.17, 15) is 4.79 Å². The van der Waals surface area contributed by atoms with Gasteiger partial charge in [0.1, 0.15) is 0 Å². The molecule has 1 atom stereocenters. The van der Waals surface area contributed by atoms with E-state index in [4.69, 9.17) is 0 Å². The fraction of sp³-hybridized carbons (Fsp3) is 0.929. The SMILES string of the molecule is CCN(CCC(=O)N1CCNCC1)C(C)CN(C)C. The lowest BCUT2D eigenvalue weighted by Crippen LogP contribution is -2.48. The number of piperazine rings is 1. The van der Waals surface area contributed by atoms with E-state index in [-0.39, 0.29) is 0 Å². The minimum Gasteiger partial charge on any atom is -0.340 e. The van der Waals surface area contributed by atoms with Gasteiger partial charge in [0.05, 0.1) is 0 Å². The number of carbonyl (C=O) groups is 1. The Morgan fingerprint density at radius 2 is 1.95 bits per heavy atom. The molecule has 1 N–H and O–H groups in total. The fourth-order valence-corrected chi connectivity index (χ4v) is 2.65. The largest absolute Gasteiger partial charge is 0.340 e. The van der Waals surface area contributed by atoms with Crippen LogP contribution < -0.4 is 5.32 Å². The Bertz CT molecular complexity index is 264. The van der Waals surface area contributed by atoms with Crippen molar-refractivity contribution in [2.24, 2.45) is 0 Å². The Morgan fingerprint density at radius 3 is 2.47 bits per heavy atom. The molecule has 5 nitrogen and oxygen atoms in total. The van der Waals surface area contributed by atoms with Gasteiger partial charge in [-0.05, 0) is 27.6 Å². The lowest BCUT2D eigenvalue weighted by Gasteiger charge is -2.31. The Hall–Kier alpha value is -0.650. The van der Waals surface area contributed by atoms with Crippen molar-refractivity contribution in [2.75, 3.05) is 59.9 Å². The van der Waals surface area contributed by atoms with Crippen LogP contribution in [-0.4, -0.2) is 86.6 Å². The molecule has 0 aromatic carbocycles. The highest BCUT2D eigenvalue weighted by Gasteiger charge is 2.18. The molecule has 1 aliphatic heterocycles. The molecule has 0 aliphatic carbocycles. The van der Waals surface area contributed by atoms with Crippen molar-refractivity contribution >= 4 is 5.91 Å². The first-order valence-corrected chi connectivity index (χ1v) is 7.41. The predicted molar refractivity (Wildman–Crippen MR) is 79.3 cm³/mol. The van der Waals surface area contributed by atoms with Gasteiger partial charge in [0.25, 0.3) is 0 Å². The first-order chi connectivity index (χ1) is 9.04. The van der Waals surface area contributed by atoms with Crippen LogP contribution in [0.25, 0.3) is 0 Å². The van der Waals surface area contributed by atoms with Crippen LogP contribution in [0.1, 0.15) is 20.3 Å². The van der Waals surface area contributed by atoms with E-state index in [2.05, 4.69) is 43.1 Å². The average Bonchev–Trinajstić information content (AvgIpc) is 2.39. The smallest absolute Gasteiger partial charge is 0.223 e. The number of hydrogen-bond donors (Lipinski definition) is 1. The van der Waals surface area contributed by atoms with Gasteiger partial charge in [-0.15, -0.1) is 0 Å². The van der Waals surface area contributed by atoms with Crippen LogP contribution >= 0.6 is 0 Å². The molecule has 1 unspecified atom stereocenters. The molecule has 0 aromatic heterocycles. The van der Waals surface area contributed by atoms with Gasteiger partial charge < -0.3 is 15.1 Å². The maximum atomic E-state index is 12.1. The summed E-state index contributed by atoms with van der Waals surface area (Å²) >= 11 is 0. The topological polar surface area (TPSA) is 38.8 Å². The number of hydrogen-bond acceptors (Lipinski definition) is 4. The molecule has 19 heavy (non-hydrogen) atoms. The molecule has 1 saturated heterocycles. The summed E-state index contributed by atoms with van der Waals surface area (Å²) < 4.78 is 0. The van der Waals surface area contributed by atoms with Crippen molar-refractivity contribution in [3.8, 4) is 0 Å². The predicted octanol–water partition coefficient (Wildman–Crippen LogP) is 0.0803. The highest BCUT2D eigenvalue weighted by Crippen LogP contribution is 2.04. The molecule has 5 heteroatoms. The van der Waals surface area contributed by atoms with Crippen molar-refractivity contribution in [1.82, 2.24) is 20.0 Å². The van der Waals surface area contributed by atoms with Crippen molar-refractivity contribution in [2.45, 2.75) is 26.3 Å². The second kappa shape index (κ2) is 8.51. The third kappa shape index (κ3) is 5.89. The summed E-state index contributed by atoms with van der Waals surface area (Å²) in [6.07, 6.45) is 0.644. The maximum Gasteiger partial charge on any atom is 0.223 e. The molecular weight excluding hydrogens is 240 g/mol. The average molecular weight is 270 g/mol. The standard InChI is InChI=1S/C14H30N4O/c1-5-17(13(2)12-16(3)4)9-6-14(19)18-10-7-15-8-11-18/h13,15H,5-12H2,1-4H3. The molecule has 1 heterocycles. The number of likely N-dealkylation sites (N-methyl/N-ethyl adjacent to an activating group) is 2. The van der Waals surface area contributed by atoms with E-state index in [1.165, 1.54) is 0 Å². The zero-order valence-corrected chi connectivity index (χ0v) is 13.0. The van der Waals surface area contributed by atoms with Gasteiger partial charge in [0, 0.05) is 51.7 Å². The van der Waals surface area contributed by atoms with Gasteiger partial charge in [-0.1, -0.05) is 6.92 Å². The summed E-state index contributed by atoms with van der Waals surface area (Å²) in [6, 6.07) is 0.496. The Balaban J connectivity index is 2.33. The van der Waals surface area contributed by atoms with Crippen LogP contribution in [0.5, 0.6) is 0 Å². The molecule has 112 valence electrons. The van der Waals surface area contributed by atoms with E-state index in [1.54, 1.807) is 0 Å². The zero-order valence-electron chi connectivity index (χ0n) is 13.0. The van der Waals surface area contributed by atoms with Crippen molar-refractivity contribution in [1.29, 1.82) is 0 Å². The molecular formula is C14H30N4O. The molecule has 0 radical (unpaired) electrons. The number of rotatable bonds is 7. The van der Waals surface area contributed by atoms with Crippen molar-refractivity contribution in [3.05, 3.63) is 0 Å². The molecule has 1 rings (SSSR count). The quantitative estimate of drug-likeness (QED) is 0.711. The Kier molecular flexibility index (Phi) is 7.34. The summed E-state index contributed by atoms with van der Waals surface area (Å²) in [5.41, 5.74) is 0. The number of nitrogens with one attached hydrogen (secondary N) is 1. The molecule has 1 amide bonds. The van der Waals surface area contributed by atoms with Gasteiger partial charge in [-0.2, -0.15) is 0 Å². The molecule has 0 aromatic rings. The van der Waals surface area contributed by atoms with Gasteiger partial charge in [-0.25, -0.2) is 0 Å². The van der Waals surface area contributed by atoms with Crippen LogP contribution in [0, 0.1) is 0 Å². The summed E-state index contributed by atoms with van der Waals surface area (Å²) in [5, 5.41) is 3.28. The van der Waals surface area contributed by atoms with Gasteiger partial charge >= 0.3 is 0 Å². The van der Waals surface area contributed by atoms with Gasteiger partial charge in [0.2, 0.25) is 5.91 Å². The zero-order chi connectivity index (χ0) is 14.3. The van der Waals surface area contributed by atoms with E-state index in [0.29, 0.717) is 18.4 Å². The molecule has 0 bridgehead atoms. The Labute approximate surface area is 117 Å². The van der Waals surface area contributed by atoms with E-state index in [0.717, 1.165) is 45.8 Å². The third-order valence-electron chi connectivity index (χ3n) is 3.74.